The Balaban J connectivity index is 1.47. The molecule has 1 N–H and O–H groups in total. The number of nitrogens with zero attached hydrogens (tertiary/aromatic N) is 2. The normalized spacial score (nSPS) is 11.3. The molecule has 0 atom stereocenters. The van der Waals surface area contributed by atoms with Gasteiger partial charge in [0.05, 0.1) is 23.4 Å². The van der Waals surface area contributed by atoms with Gasteiger partial charge in [0, 0.05) is 10.0 Å². The number of anilines is 1. The van der Waals surface area contributed by atoms with Crippen molar-refractivity contribution in [3.8, 4) is 11.5 Å². The van der Waals surface area contributed by atoms with E-state index in [0.717, 1.165) is 15.4 Å². The molecule has 4 rings (SSSR count). The Morgan fingerprint density at radius 2 is 1.67 bits per heavy atom. The minimum absolute atomic E-state index is 0.0415. The van der Waals surface area contributed by atoms with Crippen LogP contribution >= 0.6 is 23.2 Å². The Labute approximate surface area is 255 Å². The van der Waals surface area contributed by atoms with E-state index in [1.165, 1.54) is 24.4 Å². The zero-order valence-electron chi connectivity index (χ0n) is 23.0. The molecular formula is C31H29Cl2N3O5S. The molecule has 0 unspecified atom stereocenters. The van der Waals surface area contributed by atoms with Crippen LogP contribution in [-0.4, -0.2) is 33.7 Å². The standard InChI is InChI=1S/C31H29Cl2N3O5S/c1-3-40-30-17-24(12-16-29(30)41-21-23-10-13-25(32)14-11-23)19-34-35-31(37)20-36(26-15-9-22(2)28(33)18-26)42(38,39)27-7-5-4-6-8-27/h4-19H,3,20-21H2,1-2H3,(H,35,37)/b34-19+. The molecule has 0 fully saturated rings. The summed E-state index contributed by atoms with van der Waals surface area (Å²) in [6.07, 6.45) is 1.43. The molecule has 11 heteroatoms. The number of ether oxygens (including phenoxy) is 2. The van der Waals surface area contributed by atoms with Gasteiger partial charge in [-0.05, 0) is 85.1 Å². The number of rotatable bonds is 12. The van der Waals surface area contributed by atoms with Gasteiger partial charge in [-0.2, -0.15) is 5.10 Å². The minimum Gasteiger partial charge on any atom is -0.490 e. The van der Waals surface area contributed by atoms with Crippen LogP contribution in [0.15, 0.2) is 101 Å². The largest absolute Gasteiger partial charge is 0.490 e. The number of hydrogen-bond donors (Lipinski definition) is 1. The average molecular weight is 627 g/mol. The molecule has 4 aromatic rings. The van der Waals surface area contributed by atoms with E-state index in [2.05, 4.69) is 10.5 Å². The molecule has 1 amide bonds. The van der Waals surface area contributed by atoms with Crippen molar-refractivity contribution >= 4 is 51.0 Å². The van der Waals surface area contributed by atoms with Crippen LogP contribution in [0.4, 0.5) is 5.69 Å². The van der Waals surface area contributed by atoms with Gasteiger partial charge in [-0.3, -0.25) is 9.10 Å². The lowest BCUT2D eigenvalue weighted by atomic mass is 10.2. The minimum atomic E-state index is -4.08. The first-order chi connectivity index (χ1) is 20.2. The summed E-state index contributed by atoms with van der Waals surface area (Å²) in [5.74, 6) is 0.417. The van der Waals surface area contributed by atoms with Crippen LogP contribution in [0.1, 0.15) is 23.6 Å². The third-order valence-corrected chi connectivity index (χ3v) is 8.49. The molecule has 0 saturated carbocycles. The van der Waals surface area contributed by atoms with Crippen LogP contribution in [0.5, 0.6) is 11.5 Å². The molecule has 0 bridgehead atoms. The summed E-state index contributed by atoms with van der Waals surface area (Å²) in [4.78, 5) is 12.9. The summed E-state index contributed by atoms with van der Waals surface area (Å²) in [7, 11) is -4.08. The van der Waals surface area contributed by atoms with Crippen LogP contribution in [0.3, 0.4) is 0 Å². The number of benzene rings is 4. The van der Waals surface area contributed by atoms with E-state index in [4.69, 9.17) is 32.7 Å². The van der Waals surface area contributed by atoms with Gasteiger partial charge in [0.25, 0.3) is 15.9 Å². The summed E-state index contributed by atoms with van der Waals surface area (Å²) in [5.41, 5.74) is 5.02. The average Bonchev–Trinajstić information content (AvgIpc) is 2.98. The highest BCUT2D eigenvalue weighted by atomic mass is 35.5. The zero-order chi connectivity index (χ0) is 30.1. The number of hydrogen-bond acceptors (Lipinski definition) is 6. The maximum absolute atomic E-state index is 13.5. The predicted molar refractivity (Wildman–Crippen MR) is 166 cm³/mol. The number of nitrogens with one attached hydrogen (secondary N) is 1. The fourth-order valence-electron chi connectivity index (χ4n) is 3.85. The molecule has 218 valence electrons. The highest BCUT2D eigenvalue weighted by Gasteiger charge is 2.27. The van der Waals surface area contributed by atoms with Crippen molar-refractivity contribution in [1.82, 2.24) is 5.43 Å². The fourth-order valence-corrected chi connectivity index (χ4v) is 5.59. The molecule has 0 heterocycles. The summed E-state index contributed by atoms with van der Waals surface area (Å²) >= 11 is 12.2. The van der Waals surface area contributed by atoms with Crippen LogP contribution < -0.4 is 19.2 Å². The monoisotopic (exact) mass is 625 g/mol. The summed E-state index contributed by atoms with van der Waals surface area (Å²) in [6.45, 7) is 3.90. The number of carbonyl (C=O) groups is 1. The maximum Gasteiger partial charge on any atom is 0.264 e. The van der Waals surface area contributed by atoms with E-state index in [-0.39, 0.29) is 10.6 Å². The Morgan fingerprint density at radius 1 is 0.929 bits per heavy atom. The fraction of sp³-hybridized carbons (Fsp3) is 0.161. The van der Waals surface area contributed by atoms with Gasteiger partial charge in [-0.25, -0.2) is 13.8 Å². The number of sulfonamides is 1. The molecular weight excluding hydrogens is 597 g/mol. The summed E-state index contributed by atoms with van der Waals surface area (Å²) in [5, 5.41) is 5.05. The van der Waals surface area contributed by atoms with Gasteiger partial charge in [-0.1, -0.05) is 59.6 Å². The molecule has 0 spiro atoms. The van der Waals surface area contributed by atoms with E-state index in [1.54, 1.807) is 67.6 Å². The first kappa shape index (κ1) is 30.9. The lowest BCUT2D eigenvalue weighted by Crippen LogP contribution is -2.39. The van der Waals surface area contributed by atoms with E-state index < -0.39 is 22.5 Å². The molecule has 8 nitrogen and oxygen atoms in total. The molecule has 0 saturated heterocycles. The van der Waals surface area contributed by atoms with Crippen LogP contribution in [0, 0.1) is 6.92 Å². The predicted octanol–water partition coefficient (Wildman–Crippen LogP) is 6.63. The van der Waals surface area contributed by atoms with Crippen LogP contribution in [0.25, 0.3) is 0 Å². The first-order valence-corrected chi connectivity index (χ1v) is 15.2. The molecule has 4 aromatic carbocycles. The van der Waals surface area contributed by atoms with Crippen molar-refractivity contribution in [2.75, 3.05) is 17.5 Å². The SMILES string of the molecule is CCOc1cc(/C=N/NC(=O)CN(c2ccc(C)c(Cl)c2)S(=O)(=O)c2ccccc2)ccc1OCc1ccc(Cl)cc1. The van der Waals surface area contributed by atoms with E-state index in [0.29, 0.717) is 40.3 Å². The van der Waals surface area contributed by atoms with Crippen molar-refractivity contribution in [3.05, 3.63) is 118 Å². The molecule has 0 aromatic heterocycles. The van der Waals surface area contributed by atoms with Gasteiger partial charge in [0.1, 0.15) is 13.2 Å². The van der Waals surface area contributed by atoms with Gasteiger partial charge in [0.15, 0.2) is 11.5 Å². The third kappa shape index (κ3) is 8.03. The van der Waals surface area contributed by atoms with E-state index in [1.807, 2.05) is 19.1 Å². The van der Waals surface area contributed by atoms with Crippen molar-refractivity contribution in [2.45, 2.75) is 25.3 Å². The second kappa shape index (κ2) is 14.2. The quantitative estimate of drug-likeness (QED) is 0.141. The molecule has 42 heavy (non-hydrogen) atoms. The first-order valence-electron chi connectivity index (χ1n) is 13.0. The Hall–Kier alpha value is -4.05. The van der Waals surface area contributed by atoms with Gasteiger partial charge in [-0.15, -0.1) is 0 Å². The maximum atomic E-state index is 13.5. The van der Waals surface area contributed by atoms with E-state index >= 15 is 0 Å². The topological polar surface area (TPSA) is 97.3 Å². The van der Waals surface area contributed by atoms with Gasteiger partial charge in [0.2, 0.25) is 0 Å². The highest BCUT2D eigenvalue weighted by molar-refractivity contribution is 7.92. The molecule has 0 radical (unpaired) electrons. The van der Waals surface area contributed by atoms with E-state index in [9.17, 15) is 13.2 Å². The summed E-state index contributed by atoms with van der Waals surface area (Å²) < 4.78 is 39.6. The third-order valence-electron chi connectivity index (χ3n) is 6.04. The Kier molecular flexibility index (Phi) is 10.5. The smallest absolute Gasteiger partial charge is 0.264 e. The molecule has 0 aliphatic carbocycles. The Bertz CT molecular complexity index is 1660. The number of halogens is 2. The van der Waals surface area contributed by atoms with Crippen LogP contribution in [-0.2, 0) is 21.4 Å². The highest BCUT2D eigenvalue weighted by Crippen LogP contribution is 2.30. The second-order valence-corrected chi connectivity index (χ2v) is 11.8. The number of aryl methyl sites for hydroxylation is 1. The van der Waals surface area contributed by atoms with Gasteiger partial charge < -0.3 is 9.47 Å². The van der Waals surface area contributed by atoms with Crippen LogP contribution in [0.2, 0.25) is 10.0 Å². The lowest BCUT2D eigenvalue weighted by Gasteiger charge is -2.24. The number of amides is 1. The van der Waals surface area contributed by atoms with Crippen molar-refractivity contribution in [3.63, 3.8) is 0 Å². The molecule has 0 aliphatic rings. The summed E-state index contributed by atoms with van der Waals surface area (Å²) in [6, 6.07) is 25.3. The second-order valence-electron chi connectivity index (χ2n) is 9.11. The number of hydrazone groups is 1. The lowest BCUT2D eigenvalue weighted by molar-refractivity contribution is -0.119. The van der Waals surface area contributed by atoms with Gasteiger partial charge >= 0.3 is 0 Å². The Morgan fingerprint density at radius 3 is 2.36 bits per heavy atom. The van der Waals surface area contributed by atoms with Crippen molar-refractivity contribution in [1.29, 1.82) is 0 Å². The zero-order valence-corrected chi connectivity index (χ0v) is 25.3. The number of carbonyl (C=O) groups excluding carboxylic acids is 1. The van der Waals surface area contributed by atoms with Crippen molar-refractivity contribution < 1.29 is 22.7 Å². The molecule has 0 aliphatic heterocycles. The van der Waals surface area contributed by atoms with Crippen molar-refractivity contribution in [2.24, 2.45) is 5.10 Å².